The van der Waals surface area contributed by atoms with Gasteiger partial charge in [0, 0.05) is 53.5 Å². The summed E-state index contributed by atoms with van der Waals surface area (Å²) in [6.07, 6.45) is 4.13. The van der Waals surface area contributed by atoms with Gasteiger partial charge in [0.15, 0.2) is 0 Å². The molecule has 2 saturated heterocycles. The molecule has 0 saturated carbocycles. The Bertz CT molecular complexity index is 1630. The molecule has 4 heterocycles. The first-order valence-corrected chi connectivity index (χ1v) is 12.4. The van der Waals surface area contributed by atoms with Gasteiger partial charge in [-0.15, -0.1) is 0 Å². The van der Waals surface area contributed by atoms with Crippen molar-refractivity contribution in [1.29, 1.82) is 5.26 Å². The molecule has 37 heavy (non-hydrogen) atoms. The average Bonchev–Trinajstić information content (AvgIpc) is 3.50. The van der Waals surface area contributed by atoms with E-state index in [2.05, 4.69) is 47.7 Å². The highest BCUT2D eigenvalue weighted by molar-refractivity contribution is 6.08. The van der Waals surface area contributed by atoms with Gasteiger partial charge in [-0.3, -0.25) is 9.89 Å². The van der Waals surface area contributed by atoms with E-state index in [9.17, 15) is 10.1 Å². The van der Waals surface area contributed by atoms with Crippen LogP contribution in [0, 0.1) is 23.7 Å². The summed E-state index contributed by atoms with van der Waals surface area (Å²) < 4.78 is 5.52. The highest BCUT2D eigenvalue weighted by Crippen LogP contribution is 2.48. The maximum Gasteiger partial charge on any atom is 0.245 e. The number of aromatic nitrogens is 3. The summed E-state index contributed by atoms with van der Waals surface area (Å²) in [6.45, 7) is 10.0. The molecule has 6 rings (SSSR count). The number of anilines is 1. The monoisotopic (exact) mass is 492 g/mol. The molecule has 0 radical (unpaired) electrons. The molecule has 186 valence electrons. The highest BCUT2D eigenvalue weighted by Gasteiger charge is 2.54. The minimum Gasteiger partial charge on any atom is -0.497 e. The fourth-order valence-corrected chi connectivity index (χ4v) is 6.18. The number of amides is 1. The lowest BCUT2D eigenvalue weighted by molar-refractivity contribution is -0.138. The lowest BCUT2D eigenvalue weighted by atomic mass is 9.74. The van der Waals surface area contributed by atoms with Gasteiger partial charge in [-0.25, -0.2) is 4.98 Å². The number of pyridine rings is 1. The van der Waals surface area contributed by atoms with Gasteiger partial charge in [0.25, 0.3) is 0 Å². The molecular weight excluding hydrogens is 464 g/mol. The van der Waals surface area contributed by atoms with E-state index in [4.69, 9.17) is 9.72 Å². The number of hydrogen-bond donors (Lipinski definition) is 1. The van der Waals surface area contributed by atoms with Crippen molar-refractivity contribution in [2.75, 3.05) is 31.6 Å². The number of carbonyl (C=O) groups is 1. The second kappa shape index (κ2) is 8.34. The number of nitrogens with one attached hydrogen (secondary N) is 1. The number of ether oxygens (including phenoxy) is 1. The summed E-state index contributed by atoms with van der Waals surface area (Å²) in [7, 11) is 1.64. The maximum atomic E-state index is 12.1. The normalized spacial score (nSPS) is 18.3. The third-order valence-corrected chi connectivity index (χ3v) is 8.34. The van der Waals surface area contributed by atoms with Crippen LogP contribution in [-0.2, 0) is 4.79 Å². The van der Waals surface area contributed by atoms with Crippen LogP contribution in [0.4, 0.5) is 5.82 Å². The zero-order chi connectivity index (χ0) is 25.9. The van der Waals surface area contributed by atoms with Gasteiger partial charge in [0.05, 0.1) is 24.3 Å². The molecular formula is C29H28N6O2. The van der Waals surface area contributed by atoms with E-state index in [1.165, 1.54) is 6.08 Å². The minimum atomic E-state index is -0.0316. The van der Waals surface area contributed by atoms with Gasteiger partial charge in [0.1, 0.15) is 23.2 Å². The van der Waals surface area contributed by atoms with Crippen molar-refractivity contribution in [1.82, 2.24) is 20.1 Å². The number of nitriles is 1. The molecule has 0 bridgehead atoms. The predicted molar refractivity (Wildman–Crippen MR) is 143 cm³/mol. The third kappa shape index (κ3) is 3.30. The molecule has 2 aromatic heterocycles. The van der Waals surface area contributed by atoms with Crippen molar-refractivity contribution >= 4 is 33.5 Å². The zero-order valence-corrected chi connectivity index (χ0v) is 21.2. The summed E-state index contributed by atoms with van der Waals surface area (Å²) in [6, 6.07) is 12.5. The van der Waals surface area contributed by atoms with Gasteiger partial charge < -0.3 is 14.5 Å². The summed E-state index contributed by atoms with van der Waals surface area (Å²) in [5.74, 6) is 1.36. The molecule has 1 spiro atoms. The number of hydrogen-bond acceptors (Lipinski definition) is 6. The first-order valence-electron chi connectivity index (χ1n) is 12.4. The number of rotatable bonds is 4. The quantitative estimate of drug-likeness (QED) is 0.419. The molecule has 2 aromatic carbocycles. The lowest BCUT2D eigenvalue weighted by Crippen LogP contribution is -2.62. The van der Waals surface area contributed by atoms with E-state index in [-0.39, 0.29) is 17.4 Å². The van der Waals surface area contributed by atoms with Crippen LogP contribution in [0.25, 0.3) is 32.9 Å². The van der Waals surface area contributed by atoms with Crippen LogP contribution in [0.15, 0.2) is 49.2 Å². The topological polar surface area (TPSA) is 98.1 Å². The van der Waals surface area contributed by atoms with E-state index in [1.807, 2.05) is 35.4 Å². The summed E-state index contributed by atoms with van der Waals surface area (Å²) in [4.78, 5) is 21.3. The van der Waals surface area contributed by atoms with Gasteiger partial charge in [-0.1, -0.05) is 12.6 Å². The minimum absolute atomic E-state index is 0.0168. The van der Waals surface area contributed by atoms with Crippen molar-refractivity contribution in [2.45, 2.75) is 26.3 Å². The Morgan fingerprint density at radius 2 is 2.08 bits per heavy atom. The first kappa shape index (κ1) is 23.0. The van der Waals surface area contributed by atoms with E-state index < -0.39 is 0 Å². The molecule has 2 aliphatic heterocycles. The molecule has 8 heteroatoms. The molecule has 1 amide bonds. The standard InChI is InChI=1S/C29H28N6O2/c1-5-25(36)34-15-29(16-34)10-11-35(18(29)3)28-21(13-30)27(20-8-7-19(37-4)12-24(20)32-28)26-17(2)6-9-23-22(26)14-31-33-23/h5-9,12,14,18H,1,10-11,15-16H2,2-4H3,(H,31,33)/t18-/m1/s1. The van der Waals surface area contributed by atoms with Crippen LogP contribution in [-0.4, -0.2) is 58.8 Å². The number of aromatic amines is 1. The van der Waals surface area contributed by atoms with E-state index >= 15 is 0 Å². The van der Waals surface area contributed by atoms with Crippen LogP contribution >= 0.6 is 0 Å². The second-order valence-electron chi connectivity index (χ2n) is 10.1. The largest absolute Gasteiger partial charge is 0.497 e. The molecule has 2 aliphatic rings. The Labute approximate surface area is 215 Å². The van der Waals surface area contributed by atoms with Crippen LogP contribution in [0.1, 0.15) is 24.5 Å². The molecule has 2 fully saturated rings. The number of likely N-dealkylation sites (tertiary alicyclic amines) is 1. The van der Waals surface area contributed by atoms with Crippen LogP contribution in [0.2, 0.25) is 0 Å². The zero-order valence-electron chi connectivity index (χ0n) is 21.2. The van der Waals surface area contributed by atoms with Crippen molar-refractivity contribution in [2.24, 2.45) is 5.41 Å². The van der Waals surface area contributed by atoms with E-state index in [0.29, 0.717) is 30.2 Å². The van der Waals surface area contributed by atoms with E-state index in [0.717, 1.165) is 51.5 Å². The number of nitrogens with zero attached hydrogens (tertiary/aromatic N) is 5. The maximum absolute atomic E-state index is 12.1. The molecule has 0 aliphatic carbocycles. The van der Waals surface area contributed by atoms with Crippen LogP contribution in [0.5, 0.6) is 5.75 Å². The molecule has 0 unspecified atom stereocenters. The number of H-pyrrole nitrogens is 1. The summed E-state index contributed by atoms with van der Waals surface area (Å²) in [5, 5.41) is 19.8. The Morgan fingerprint density at radius 1 is 1.27 bits per heavy atom. The van der Waals surface area contributed by atoms with Gasteiger partial charge in [-0.05, 0) is 55.7 Å². The van der Waals surface area contributed by atoms with Gasteiger partial charge >= 0.3 is 0 Å². The number of carbonyl (C=O) groups excluding carboxylic acids is 1. The van der Waals surface area contributed by atoms with Crippen molar-refractivity contribution in [3.8, 4) is 22.9 Å². The van der Waals surface area contributed by atoms with Crippen LogP contribution < -0.4 is 9.64 Å². The summed E-state index contributed by atoms with van der Waals surface area (Å²) >= 11 is 0. The SMILES string of the molecule is C=CC(=O)N1CC2(CCN(c3nc4cc(OC)ccc4c(-c4c(C)ccc5[nH]ncc45)c3C#N)[C@@H]2C)C1. The average molecular weight is 493 g/mol. The second-order valence-corrected chi connectivity index (χ2v) is 10.1. The number of methoxy groups -OCH3 is 1. The van der Waals surface area contributed by atoms with Crippen molar-refractivity contribution < 1.29 is 9.53 Å². The van der Waals surface area contributed by atoms with Crippen molar-refractivity contribution in [3.63, 3.8) is 0 Å². The number of fused-ring (bicyclic) bond motifs is 2. The highest BCUT2D eigenvalue weighted by atomic mass is 16.5. The van der Waals surface area contributed by atoms with Crippen LogP contribution in [0.3, 0.4) is 0 Å². The molecule has 4 aromatic rings. The lowest BCUT2D eigenvalue weighted by Gasteiger charge is -2.51. The number of benzene rings is 2. The fourth-order valence-electron chi connectivity index (χ4n) is 6.18. The molecule has 8 nitrogen and oxygen atoms in total. The predicted octanol–water partition coefficient (Wildman–Crippen LogP) is 4.58. The molecule has 1 N–H and O–H groups in total. The van der Waals surface area contributed by atoms with Gasteiger partial charge in [0.2, 0.25) is 5.91 Å². The Morgan fingerprint density at radius 3 is 2.81 bits per heavy atom. The fraction of sp³-hybridized carbons (Fsp3) is 0.310. The number of aryl methyl sites for hydroxylation is 1. The Hall–Kier alpha value is -4.38. The molecule has 1 atom stereocenters. The van der Waals surface area contributed by atoms with Gasteiger partial charge in [-0.2, -0.15) is 10.4 Å². The van der Waals surface area contributed by atoms with Crippen molar-refractivity contribution in [3.05, 3.63) is 60.3 Å². The Kier molecular flexibility index (Phi) is 5.19. The third-order valence-electron chi connectivity index (χ3n) is 8.34. The smallest absolute Gasteiger partial charge is 0.245 e. The first-order chi connectivity index (χ1) is 17.9. The summed E-state index contributed by atoms with van der Waals surface area (Å²) in [5.41, 5.74) is 5.12. The van der Waals surface area contributed by atoms with E-state index in [1.54, 1.807) is 7.11 Å². The Balaban J connectivity index is 1.56.